The fraction of sp³-hybridized carbons (Fsp3) is 0.429. The molecule has 0 saturated carbocycles. The van der Waals surface area contributed by atoms with Crippen LogP contribution in [0.3, 0.4) is 0 Å². The van der Waals surface area contributed by atoms with Crippen LogP contribution in [0, 0.1) is 0 Å². The molecule has 1 aromatic heterocycles. The van der Waals surface area contributed by atoms with E-state index in [1.807, 2.05) is 0 Å². The lowest BCUT2D eigenvalue weighted by Crippen LogP contribution is -2.25. The van der Waals surface area contributed by atoms with Crippen LogP contribution in [0.2, 0.25) is 0 Å². The fourth-order valence-corrected chi connectivity index (χ4v) is 0.987. The first kappa shape index (κ1) is 6.54. The highest BCUT2D eigenvalue weighted by atomic mass is 16.5. The van der Waals surface area contributed by atoms with E-state index >= 15 is 0 Å². The summed E-state index contributed by atoms with van der Waals surface area (Å²) in [5, 5.41) is 0. The molecule has 0 amide bonds. The molecule has 1 fully saturated rings. The summed E-state index contributed by atoms with van der Waals surface area (Å²) >= 11 is 0. The first-order valence-corrected chi connectivity index (χ1v) is 3.51. The van der Waals surface area contributed by atoms with E-state index in [0.717, 1.165) is 18.8 Å². The molecular formula is C7H9N3O. The van der Waals surface area contributed by atoms with E-state index in [1.54, 1.807) is 12.4 Å². The number of hydrogen-bond acceptors (Lipinski definition) is 4. The summed E-state index contributed by atoms with van der Waals surface area (Å²) in [4.78, 5) is 7.79. The lowest BCUT2D eigenvalue weighted by Gasteiger charge is -2.25. The molecule has 0 aromatic carbocycles. The fourth-order valence-electron chi connectivity index (χ4n) is 0.987. The van der Waals surface area contributed by atoms with E-state index in [-0.39, 0.29) is 0 Å². The molecule has 1 aliphatic heterocycles. The van der Waals surface area contributed by atoms with E-state index < -0.39 is 0 Å². The van der Waals surface area contributed by atoms with Crippen LogP contribution >= 0.6 is 0 Å². The lowest BCUT2D eigenvalue weighted by atomic mass is 10.0. The molecule has 4 heteroatoms. The van der Waals surface area contributed by atoms with Crippen molar-refractivity contribution in [2.75, 3.05) is 18.9 Å². The maximum atomic E-state index is 5.33. The SMILES string of the molecule is Nc1ncc(C2COC2)cn1. The Morgan fingerprint density at radius 3 is 2.45 bits per heavy atom. The molecule has 1 aliphatic rings. The maximum absolute atomic E-state index is 5.33. The highest BCUT2D eigenvalue weighted by Crippen LogP contribution is 2.22. The van der Waals surface area contributed by atoms with Gasteiger partial charge < -0.3 is 10.5 Å². The normalized spacial score (nSPS) is 17.8. The van der Waals surface area contributed by atoms with Crippen LogP contribution in [-0.2, 0) is 4.74 Å². The quantitative estimate of drug-likeness (QED) is 0.621. The molecule has 2 N–H and O–H groups in total. The number of nitrogens with two attached hydrogens (primary N) is 1. The van der Waals surface area contributed by atoms with E-state index in [4.69, 9.17) is 10.5 Å². The highest BCUT2D eigenvalue weighted by Gasteiger charge is 2.20. The van der Waals surface area contributed by atoms with Gasteiger partial charge in [-0.3, -0.25) is 0 Å². The Morgan fingerprint density at radius 2 is 2.00 bits per heavy atom. The van der Waals surface area contributed by atoms with Crippen LogP contribution in [-0.4, -0.2) is 23.2 Å². The summed E-state index contributed by atoms with van der Waals surface area (Å²) in [6.07, 6.45) is 3.52. The van der Waals surface area contributed by atoms with Gasteiger partial charge in [-0.05, 0) is 5.56 Å². The van der Waals surface area contributed by atoms with Gasteiger partial charge in [-0.1, -0.05) is 0 Å². The monoisotopic (exact) mass is 151 g/mol. The van der Waals surface area contributed by atoms with Crippen molar-refractivity contribution in [2.24, 2.45) is 0 Å². The van der Waals surface area contributed by atoms with Crippen LogP contribution in [0.5, 0.6) is 0 Å². The molecule has 2 heterocycles. The number of nitrogen functional groups attached to an aromatic ring is 1. The van der Waals surface area contributed by atoms with E-state index in [0.29, 0.717) is 11.9 Å². The molecule has 0 aliphatic carbocycles. The molecule has 0 unspecified atom stereocenters. The van der Waals surface area contributed by atoms with E-state index in [9.17, 15) is 0 Å². The number of ether oxygens (including phenoxy) is 1. The van der Waals surface area contributed by atoms with Crippen LogP contribution in [0.25, 0.3) is 0 Å². The second-order valence-electron chi connectivity index (χ2n) is 2.61. The van der Waals surface area contributed by atoms with Gasteiger partial charge in [0.05, 0.1) is 13.2 Å². The summed E-state index contributed by atoms with van der Waals surface area (Å²) in [5.74, 6) is 0.810. The van der Waals surface area contributed by atoms with Crippen molar-refractivity contribution in [3.8, 4) is 0 Å². The number of hydrogen-bond donors (Lipinski definition) is 1. The molecule has 58 valence electrons. The van der Waals surface area contributed by atoms with E-state index in [2.05, 4.69) is 9.97 Å². The molecule has 0 radical (unpaired) electrons. The van der Waals surface area contributed by atoms with Gasteiger partial charge in [-0.2, -0.15) is 0 Å². The van der Waals surface area contributed by atoms with Gasteiger partial charge in [-0.25, -0.2) is 9.97 Å². The van der Waals surface area contributed by atoms with Crippen LogP contribution in [0.4, 0.5) is 5.95 Å². The van der Waals surface area contributed by atoms with Crippen molar-refractivity contribution in [3.63, 3.8) is 0 Å². The smallest absolute Gasteiger partial charge is 0.219 e. The minimum atomic E-state index is 0.328. The summed E-state index contributed by atoms with van der Waals surface area (Å²) in [7, 11) is 0. The first-order chi connectivity index (χ1) is 5.36. The van der Waals surface area contributed by atoms with E-state index in [1.165, 1.54) is 0 Å². The van der Waals surface area contributed by atoms with Crippen molar-refractivity contribution in [1.82, 2.24) is 9.97 Å². The number of nitrogens with zero attached hydrogens (tertiary/aromatic N) is 2. The Labute approximate surface area is 64.4 Å². The predicted octanol–water partition coefficient (Wildman–Crippen LogP) is 0.173. The minimum Gasteiger partial charge on any atom is -0.380 e. The van der Waals surface area contributed by atoms with Gasteiger partial charge in [0.15, 0.2) is 0 Å². The average molecular weight is 151 g/mol. The topological polar surface area (TPSA) is 61.0 Å². The summed E-state index contributed by atoms with van der Waals surface area (Å²) in [6, 6.07) is 0. The molecule has 0 bridgehead atoms. The van der Waals surface area contributed by atoms with Crippen molar-refractivity contribution in [3.05, 3.63) is 18.0 Å². The highest BCUT2D eigenvalue weighted by molar-refractivity contribution is 5.20. The third-order valence-electron chi connectivity index (χ3n) is 1.80. The van der Waals surface area contributed by atoms with Crippen molar-refractivity contribution in [1.29, 1.82) is 0 Å². The Bertz CT molecular complexity index is 242. The zero-order valence-electron chi connectivity index (χ0n) is 6.03. The average Bonchev–Trinajstić information content (AvgIpc) is 1.90. The van der Waals surface area contributed by atoms with Gasteiger partial charge >= 0.3 is 0 Å². The summed E-state index contributed by atoms with van der Waals surface area (Å²) in [5.41, 5.74) is 6.45. The van der Waals surface area contributed by atoms with Gasteiger partial charge in [0.25, 0.3) is 0 Å². The van der Waals surface area contributed by atoms with Gasteiger partial charge in [-0.15, -0.1) is 0 Å². The van der Waals surface area contributed by atoms with Crippen LogP contribution < -0.4 is 5.73 Å². The summed E-state index contributed by atoms with van der Waals surface area (Å²) < 4.78 is 5.03. The predicted molar refractivity (Wildman–Crippen MR) is 40.0 cm³/mol. The zero-order chi connectivity index (χ0) is 7.68. The zero-order valence-corrected chi connectivity index (χ0v) is 6.03. The molecular weight excluding hydrogens is 142 g/mol. The summed E-state index contributed by atoms with van der Waals surface area (Å²) in [6.45, 7) is 1.57. The van der Waals surface area contributed by atoms with Crippen molar-refractivity contribution >= 4 is 5.95 Å². The largest absolute Gasteiger partial charge is 0.380 e. The molecule has 0 atom stereocenters. The van der Waals surface area contributed by atoms with Crippen molar-refractivity contribution < 1.29 is 4.74 Å². The molecule has 1 saturated heterocycles. The third kappa shape index (κ3) is 1.17. The Kier molecular flexibility index (Phi) is 1.47. The van der Waals surface area contributed by atoms with Crippen LogP contribution in [0.15, 0.2) is 12.4 Å². The maximum Gasteiger partial charge on any atom is 0.219 e. The second kappa shape index (κ2) is 2.47. The first-order valence-electron chi connectivity index (χ1n) is 3.51. The van der Waals surface area contributed by atoms with Gasteiger partial charge in [0, 0.05) is 18.3 Å². The Hall–Kier alpha value is -1.16. The number of anilines is 1. The van der Waals surface area contributed by atoms with Crippen LogP contribution in [0.1, 0.15) is 11.5 Å². The second-order valence-corrected chi connectivity index (χ2v) is 2.61. The molecule has 4 nitrogen and oxygen atoms in total. The Morgan fingerprint density at radius 1 is 1.36 bits per heavy atom. The molecule has 1 aromatic rings. The molecule has 0 spiro atoms. The molecule has 11 heavy (non-hydrogen) atoms. The number of rotatable bonds is 1. The van der Waals surface area contributed by atoms with Gasteiger partial charge in [0.1, 0.15) is 0 Å². The Balaban J connectivity index is 2.18. The molecule has 2 rings (SSSR count). The standard InChI is InChI=1S/C7H9N3O/c8-7-9-1-5(2-10-7)6-3-11-4-6/h1-2,6H,3-4H2,(H2,8,9,10). The van der Waals surface area contributed by atoms with Crippen molar-refractivity contribution in [2.45, 2.75) is 5.92 Å². The van der Waals surface area contributed by atoms with Gasteiger partial charge in [0.2, 0.25) is 5.95 Å². The third-order valence-corrected chi connectivity index (χ3v) is 1.80. The number of aromatic nitrogens is 2. The lowest BCUT2D eigenvalue weighted by molar-refractivity contribution is 0.00816. The minimum absolute atomic E-state index is 0.328.